The van der Waals surface area contributed by atoms with Gasteiger partial charge in [-0.1, -0.05) is 18.2 Å². The van der Waals surface area contributed by atoms with Crippen LogP contribution in [0.1, 0.15) is 16.7 Å². The molecule has 3 rings (SSSR count). The summed E-state index contributed by atoms with van der Waals surface area (Å²) in [5, 5.41) is 11.7. The first-order chi connectivity index (χ1) is 13.5. The summed E-state index contributed by atoms with van der Waals surface area (Å²) in [5.74, 6) is -0.0282. The van der Waals surface area contributed by atoms with Crippen LogP contribution in [-0.2, 0) is 4.79 Å². The largest absolute Gasteiger partial charge is 0.438 e. The fraction of sp³-hybridized carbons (Fsp3) is 0.143. The number of aromatic nitrogens is 2. The van der Waals surface area contributed by atoms with Gasteiger partial charge in [0.15, 0.2) is 0 Å². The van der Waals surface area contributed by atoms with E-state index in [4.69, 9.17) is 4.74 Å². The maximum atomic E-state index is 13.0. The monoisotopic (exact) mass is 374 g/mol. The summed E-state index contributed by atoms with van der Waals surface area (Å²) in [5.41, 5.74) is 1.67. The van der Waals surface area contributed by atoms with Crippen molar-refractivity contribution >= 4 is 17.6 Å². The molecule has 0 unspecified atom stereocenters. The van der Waals surface area contributed by atoms with E-state index < -0.39 is 11.5 Å². The smallest absolute Gasteiger partial charge is 0.269 e. The van der Waals surface area contributed by atoms with Gasteiger partial charge in [-0.3, -0.25) is 14.0 Å². The molecule has 0 radical (unpaired) electrons. The van der Waals surface area contributed by atoms with Gasteiger partial charge < -0.3 is 10.1 Å². The number of carbonyl (C=O) groups is 1. The van der Waals surface area contributed by atoms with E-state index in [9.17, 15) is 14.9 Å². The lowest BCUT2D eigenvalue weighted by atomic mass is 10.1. The highest BCUT2D eigenvalue weighted by atomic mass is 16.5. The molecule has 3 aromatic rings. The number of aryl methyl sites for hydroxylation is 1. The second kappa shape index (κ2) is 7.76. The molecule has 0 aliphatic heterocycles. The molecule has 1 N–H and O–H groups in total. The lowest BCUT2D eigenvalue weighted by Crippen LogP contribution is -2.22. The molecule has 2 aromatic heterocycles. The van der Waals surface area contributed by atoms with Gasteiger partial charge in [0.1, 0.15) is 28.6 Å². The van der Waals surface area contributed by atoms with Crippen molar-refractivity contribution in [3.05, 3.63) is 75.2 Å². The SMILES string of the molecule is CNC(=O)/C(C#N)=C/c1c(Oc2cccc(C)c2C)nc2ccccn2c1=O. The Hall–Kier alpha value is -3.92. The van der Waals surface area contributed by atoms with Crippen molar-refractivity contribution in [2.75, 3.05) is 7.05 Å². The van der Waals surface area contributed by atoms with Crippen LogP contribution >= 0.6 is 0 Å². The summed E-state index contributed by atoms with van der Waals surface area (Å²) in [6.07, 6.45) is 2.77. The lowest BCUT2D eigenvalue weighted by Gasteiger charge is -2.13. The second-order valence-corrected chi connectivity index (χ2v) is 6.11. The third kappa shape index (κ3) is 3.48. The number of nitriles is 1. The fourth-order valence-corrected chi connectivity index (χ4v) is 2.65. The van der Waals surface area contributed by atoms with Gasteiger partial charge in [-0.2, -0.15) is 10.2 Å². The molecule has 7 nitrogen and oxygen atoms in total. The Labute approximate surface area is 161 Å². The van der Waals surface area contributed by atoms with Crippen molar-refractivity contribution in [2.24, 2.45) is 0 Å². The Morgan fingerprint density at radius 3 is 2.75 bits per heavy atom. The van der Waals surface area contributed by atoms with E-state index in [2.05, 4.69) is 10.3 Å². The number of hydrogen-bond acceptors (Lipinski definition) is 5. The van der Waals surface area contributed by atoms with Gasteiger partial charge in [0.2, 0.25) is 5.88 Å². The molecule has 28 heavy (non-hydrogen) atoms. The lowest BCUT2D eigenvalue weighted by molar-refractivity contribution is -0.116. The van der Waals surface area contributed by atoms with Gasteiger partial charge in [0, 0.05) is 13.2 Å². The normalized spacial score (nSPS) is 11.1. The van der Waals surface area contributed by atoms with Crippen LogP contribution < -0.4 is 15.6 Å². The molecule has 2 heterocycles. The zero-order valence-corrected chi connectivity index (χ0v) is 15.7. The Morgan fingerprint density at radius 2 is 2.04 bits per heavy atom. The molecule has 0 atom stereocenters. The maximum Gasteiger partial charge on any atom is 0.269 e. The first-order valence-electron chi connectivity index (χ1n) is 8.55. The van der Waals surface area contributed by atoms with E-state index in [1.165, 1.54) is 17.5 Å². The van der Waals surface area contributed by atoms with Crippen LogP contribution in [0.2, 0.25) is 0 Å². The first kappa shape index (κ1) is 18.9. The molecular formula is C21H18N4O3. The van der Waals surface area contributed by atoms with Crippen LogP contribution in [0.4, 0.5) is 0 Å². The summed E-state index contributed by atoms with van der Waals surface area (Å²) < 4.78 is 7.29. The summed E-state index contributed by atoms with van der Waals surface area (Å²) in [7, 11) is 1.41. The van der Waals surface area contributed by atoms with Gasteiger partial charge in [-0.05, 0) is 49.2 Å². The van der Waals surface area contributed by atoms with Crippen LogP contribution in [0.5, 0.6) is 11.6 Å². The van der Waals surface area contributed by atoms with Crippen molar-refractivity contribution in [3.8, 4) is 17.7 Å². The summed E-state index contributed by atoms with van der Waals surface area (Å²) in [4.78, 5) is 29.4. The number of pyridine rings is 1. The molecule has 0 bridgehead atoms. The molecule has 140 valence electrons. The summed E-state index contributed by atoms with van der Waals surface area (Å²) >= 11 is 0. The van der Waals surface area contributed by atoms with Gasteiger partial charge in [0.25, 0.3) is 11.5 Å². The standard InChI is InChI=1S/C21H18N4O3/c1-13-7-6-8-17(14(13)2)28-20-16(11-15(12-22)19(26)23-3)21(27)25-10-5-4-9-18(25)24-20/h4-11H,1-3H3,(H,23,26)/b15-11+. The van der Waals surface area contributed by atoms with Crippen LogP contribution in [0.15, 0.2) is 53.0 Å². The number of likely N-dealkylation sites (N-methyl/N-ethyl adjacent to an activating group) is 1. The molecule has 0 fully saturated rings. The third-order valence-corrected chi connectivity index (χ3v) is 4.38. The van der Waals surface area contributed by atoms with Crippen molar-refractivity contribution in [2.45, 2.75) is 13.8 Å². The minimum atomic E-state index is -0.599. The molecule has 0 aliphatic carbocycles. The van der Waals surface area contributed by atoms with E-state index in [1.807, 2.05) is 26.0 Å². The van der Waals surface area contributed by atoms with Crippen molar-refractivity contribution in [1.82, 2.24) is 14.7 Å². The minimum absolute atomic E-state index is 0.0183. The molecule has 0 aliphatic rings. The summed E-state index contributed by atoms with van der Waals surface area (Å²) in [6.45, 7) is 3.85. The van der Waals surface area contributed by atoms with E-state index in [0.717, 1.165) is 11.1 Å². The zero-order chi connectivity index (χ0) is 20.3. The summed E-state index contributed by atoms with van der Waals surface area (Å²) in [6, 6.07) is 12.5. The van der Waals surface area contributed by atoms with Gasteiger partial charge in [-0.25, -0.2) is 0 Å². The topological polar surface area (TPSA) is 96.5 Å². The van der Waals surface area contributed by atoms with Crippen LogP contribution in [0.3, 0.4) is 0 Å². The van der Waals surface area contributed by atoms with E-state index in [1.54, 1.807) is 36.5 Å². The van der Waals surface area contributed by atoms with Gasteiger partial charge in [-0.15, -0.1) is 0 Å². The Balaban J connectivity index is 2.27. The number of benzene rings is 1. The van der Waals surface area contributed by atoms with Gasteiger partial charge >= 0.3 is 0 Å². The van der Waals surface area contributed by atoms with Crippen molar-refractivity contribution in [1.29, 1.82) is 5.26 Å². The quantitative estimate of drug-likeness (QED) is 0.559. The number of ether oxygens (including phenoxy) is 1. The highest BCUT2D eigenvalue weighted by Crippen LogP contribution is 2.28. The van der Waals surface area contributed by atoms with Crippen LogP contribution in [0, 0.1) is 25.2 Å². The predicted octanol–water partition coefficient (Wildman–Crippen LogP) is 2.76. The highest BCUT2D eigenvalue weighted by molar-refractivity contribution is 6.01. The molecule has 0 saturated carbocycles. The number of rotatable bonds is 4. The van der Waals surface area contributed by atoms with E-state index in [0.29, 0.717) is 11.4 Å². The number of nitrogens with one attached hydrogen (secondary N) is 1. The highest BCUT2D eigenvalue weighted by Gasteiger charge is 2.17. The molecular weight excluding hydrogens is 356 g/mol. The first-order valence-corrected chi connectivity index (χ1v) is 8.55. The second-order valence-electron chi connectivity index (χ2n) is 6.11. The van der Waals surface area contributed by atoms with Crippen molar-refractivity contribution < 1.29 is 9.53 Å². The minimum Gasteiger partial charge on any atom is -0.438 e. The Kier molecular flexibility index (Phi) is 5.23. The molecule has 7 heteroatoms. The zero-order valence-electron chi connectivity index (χ0n) is 15.7. The van der Waals surface area contributed by atoms with E-state index >= 15 is 0 Å². The number of fused-ring (bicyclic) bond motifs is 1. The molecule has 1 amide bonds. The number of nitrogens with zero attached hydrogens (tertiary/aromatic N) is 3. The molecule has 0 saturated heterocycles. The average molecular weight is 374 g/mol. The molecule has 1 aromatic carbocycles. The number of hydrogen-bond donors (Lipinski definition) is 1. The number of amides is 1. The van der Waals surface area contributed by atoms with Crippen LogP contribution in [-0.4, -0.2) is 22.3 Å². The Morgan fingerprint density at radius 1 is 1.25 bits per heavy atom. The van der Waals surface area contributed by atoms with E-state index in [-0.39, 0.29) is 17.0 Å². The maximum absolute atomic E-state index is 13.0. The average Bonchev–Trinajstić information content (AvgIpc) is 2.71. The third-order valence-electron chi connectivity index (χ3n) is 4.38. The predicted molar refractivity (Wildman–Crippen MR) is 105 cm³/mol. The van der Waals surface area contributed by atoms with Crippen LogP contribution in [0.25, 0.3) is 11.7 Å². The number of carbonyl (C=O) groups excluding carboxylic acids is 1. The van der Waals surface area contributed by atoms with Gasteiger partial charge in [0.05, 0.1) is 0 Å². The Bertz CT molecular complexity index is 1200. The van der Waals surface area contributed by atoms with Crippen molar-refractivity contribution in [3.63, 3.8) is 0 Å². The molecule has 0 spiro atoms. The fourth-order valence-electron chi connectivity index (χ4n) is 2.65.